The van der Waals surface area contributed by atoms with Gasteiger partial charge >= 0.3 is 0 Å². The molecule has 0 radical (unpaired) electrons. The van der Waals surface area contributed by atoms with E-state index in [-0.39, 0.29) is 11.6 Å². The first kappa shape index (κ1) is 14.6. The molecule has 2 aliphatic heterocycles. The highest BCUT2D eigenvalue weighted by Gasteiger charge is 2.45. The lowest BCUT2D eigenvalue weighted by molar-refractivity contribution is 0.0120. The van der Waals surface area contributed by atoms with Crippen molar-refractivity contribution in [2.24, 2.45) is 7.05 Å². The molecule has 0 aromatic carbocycles. The van der Waals surface area contributed by atoms with Gasteiger partial charge in [-0.25, -0.2) is 9.97 Å². The molecule has 7 nitrogen and oxygen atoms in total. The topological polar surface area (TPSA) is 68.1 Å². The molecule has 1 spiro atoms. The van der Waals surface area contributed by atoms with Gasteiger partial charge in [-0.1, -0.05) is 0 Å². The Kier molecular flexibility index (Phi) is 3.74. The molecular formula is C16H22N6O. The number of aryl methyl sites for hydroxylation is 1. The van der Waals surface area contributed by atoms with Crippen molar-refractivity contribution in [1.29, 1.82) is 0 Å². The Morgan fingerprint density at radius 3 is 3.04 bits per heavy atom. The third-order valence-electron chi connectivity index (χ3n) is 4.67. The second-order valence-electron chi connectivity index (χ2n) is 6.59. The second kappa shape index (κ2) is 5.90. The zero-order valence-corrected chi connectivity index (χ0v) is 13.4. The van der Waals surface area contributed by atoms with Gasteiger partial charge < -0.3 is 10.1 Å². The fraction of sp³-hybridized carbons (Fsp3) is 0.562. The van der Waals surface area contributed by atoms with Crippen molar-refractivity contribution in [1.82, 2.24) is 24.6 Å². The van der Waals surface area contributed by atoms with Gasteiger partial charge in [0.15, 0.2) is 0 Å². The van der Waals surface area contributed by atoms with Crippen LogP contribution in [0, 0.1) is 0 Å². The number of hydrogen-bond acceptors (Lipinski definition) is 6. The van der Waals surface area contributed by atoms with Gasteiger partial charge in [0.25, 0.3) is 0 Å². The second-order valence-corrected chi connectivity index (χ2v) is 6.59. The standard InChI is InChI=1S/C16H22N6O/c1-21-9-13(8-19-21)10-22-6-3-16(12-22)7-14(11-23-16)20-15-17-4-2-5-18-15/h2,4-5,8-9,14H,3,6-7,10-12H2,1H3,(H,17,18,20)/t14-,16+/m0/s1. The van der Waals surface area contributed by atoms with E-state index in [1.54, 1.807) is 12.4 Å². The summed E-state index contributed by atoms with van der Waals surface area (Å²) in [4.78, 5) is 10.9. The van der Waals surface area contributed by atoms with Crippen molar-refractivity contribution >= 4 is 5.95 Å². The van der Waals surface area contributed by atoms with Gasteiger partial charge in [-0.15, -0.1) is 0 Å². The maximum Gasteiger partial charge on any atom is 0.222 e. The van der Waals surface area contributed by atoms with Crippen LogP contribution in [0.3, 0.4) is 0 Å². The molecule has 2 atom stereocenters. The molecule has 0 amide bonds. The number of hydrogen-bond donors (Lipinski definition) is 1. The summed E-state index contributed by atoms with van der Waals surface area (Å²) in [5.74, 6) is 0.684. The van der Waals surface area contributed by atoms with E-state index < -0.39 is 0 Å². The van der Waals surface area contributed by atoms with E-state index in [2.05, 4.69) is 31.5 Å². The number of rotatable bonds is 4. The number of nitrogens with zero attached hydrogens (tertiary/aromatic N) is 5. The average molecular weight is 314 g/mol. The van der Waals surface area contributed by atoms with Crippen LogP contribution in [-0.2, 0) is 18.3 Å². The van der Waals surface area contributed by atoms with Crippen LogP contribution in [0.25, 0.3) is 0 Å². The molecule has 4 rings (SSSR count). The summed E-state index contributed by atoms with van der Waals surface area (Å²) in [6.45, 7) is 3.72. The highest BCUT2D eigenvalue weighted by Crippen LogP contribution is 2.36. The van der Waals surface area contributed by atoms with Crippen molar-refractivity contribution in [2.75, 3.05) is 25.0 Å². The van der Waals surface area contributed by atoms with Crippen LogP contribution in [0.2, 0.25) is 0 Å². The van der Waals surface area contributed by atoms with Crippen molar-refractivity contribution < 1.29 is 4.74 Å². The lowest BCUT2D eigenvalue weighted by Gasteiger charge is -2.23. The minimum absolute atomic E-state index is 0.0192. The maximum atomic E-state index is 6.18. The average Bonchev–Trinajstić information content (AvgIpc) is 3.24. The molecule has 2 aliphatic rings. The fourth-order valence-corrected chi connectivity index (χ4v) is 3.65. The Balaban J connectivity index is 1.34. The molecule has 2 fully saturated rings. The molecule has 2 aromatic rings. The van der Waals surface area contributed by atoms with Crippen LogP contribution in [0.15, 0.2) is 30.9 Å². The van der Waals surface area contributed by atoms with E-state index in [0.29, 0.717) is 5.95 Å². The first-order chi connectivity index (χ1) is 11.2. The van der Waals surface area contributed by atoms with Crippen LogP contribution in [-0.4, -0.2) is 56.0 Å². The van der Waals surface area contributed by atoms with Crippen LogP contribution in [0.1, 0.15) is 18.4 Å². The fourth-order valence-electron chi connectivity index (χ4n) is 3.65. The number of ether oxygens (including phenoxy) is 1. The zero-order valence-electron chi connectivity index (χ0n) is 13.4. The quantitative estimate of drug-likeness (QED) is 0.910. The zero-order chi connectivity index (χ0) is 15.7. The molecule has 7 heteroatoms. The summed E-state index contributed by atoms with van der Waals surface area (Å²) >= 11 is 0. The smallest absolute Gasteiger partial charge is 0.222 e. The predicted molar refractivity (Wildman–Crippen MR) is 85.8 cm³/mol. The van der Waals surface area contributed by atoms with E-state index in [1.807, 2.05) is 24.0 Å². The van der Waals surface area contributed by atoms with Gasteiger partial charge in [0.2, 0.25) is 5.95 Å². The highest BCUT2D eigenvalue weighted by atomic mass is 16.5. The van der Waals surface area contributed by atoms with Gasteiger partial charge in [0, 0.05) is 57.3 Å². The molecule has 4 heterocycles. The Morgan fingerprint density at radius 1 is 1.39 bits per heavy atom. The van der Waals surface area contributed by atoms with Gasteiger partial charge in [-0.3, -0.25) is 9.58 Å². The molecular weight excluding hydrogens is 292 g/mol. The molecule has 1 N–H and O–H groups in total. The van der Waals surface area contributed by atoms with Gasteiger partial charge in [-0.05, 0) is 12.5 Å². The summed E-state index contributed by atoms with van der Waals surface area (Å²) in [5, 5.41) is 7.62. The third kappa shape index (κ3) is 3.20. The summed E-state index contributed by atoms with van der Waals surface area (Å²) in [5.41, 5.74) is 1.24. The molecule has 0 bridgehead atoms. The Labute approximate surface area is 135 Å². The summed E-state index contributed by atoms with van der Waals surface area (Å²) in [7, 11) is 1.96. The van der Waals surface area contributed by atoms with E-state index in [9.17, 15) is 0 Å². The molecule has 0 saturated carbocycles. The molecule has 2 saturated heterocycles. The first-order valence-electron chi connectivity index (χ1n) is 8.08. The molecule has 23 heavy (non-hydrogen) atoms. The van der Waals surface area contributed by atoms with Gasteiger partial charge in [0.05, 0.1) is 24.4 Å². The minimum atomic E-state index is -0.0192. The SMILES string of the molecule is Cn1cc(CN2CC[C@@]3(C[C@H](Nc4ncccn4)CO3)C2)cn1. The predicted octanol–water partition coefficient (Wildman–Crippen LogP) is 1.06. The lowest BCUT2D eigenvalue weighted by Crippen LogP contribution is -2.33. The molecule has 2 aromatic heterocycles. The van der Waals surface area contributed by atoms with Crippen LogP contribution < -0.4 is 5.32 Å². The first-order valence-corrected chi connectivity index (χ1v) is 8.08. The monoisotopic (exact) mass is 314 g/mol. The number of anilines is 1. The van der Waals surface area contributed by atoms with Gasteiger partial charge in [0.1, 0.15) is 0 Å². The van der Waals surface area contributed by atoms with E-state index >= 15 is 0 Å². The molecule has 0 aliphatic carbocycles. The number of nitrogens with one attached hydrogen (secondary N) is 1. The number of likely N-dealkylation sites (tertiary alicyclic amines) is 1. The largest absolute Gasteiger partial charge is 0.371 e. The minimum Gasteiger partial charge on any atom is -0.371 e. The van der Waals surface area contributed by atoms with Crippen molar-refractivity contribution in [2.45, 2.75) is 31.0 Å². The molecule has 0 unspecified atom stereocenters. The van der Waals surface area contributed by atoms with Crippen molar-refractivity contribution in [3.63, 3.8) is 0 Å². The van der Waals surface area contributed by atoms with E-state index in [1.165, 1.54) is 5.56 Å². The Hall–Kier alpha value is -1.99. The van der Waals surface area contributed by atoms with E-state index in [4.69, 9.17) is 4.74 Å². The van der Waals surface area contributed by atoms with Crippen LogP contribution in [0.4, 0.5) is 5.95 Å². The summed E-state index contributed by atoms with van der Waals surface area (Å²) in [6, 6.07) is 2.11. The Bertz CT molecular complexity index is 660. The van der Waals surface area contributed by atoms with E-state index in [0.717, 1.165) is 39.1 Å². The highest BCUT2D eigenvalue weighted by molar-refractivity contribution is 5.25. The number of aromatic nitrogens is 4. The lowest BCUT2D eigenvalue weighted by atomic mass is 9.97. The summed E-state index contributed by atoms with van der Waals surface area (Å²) in [6.07, 6.45) is 9.63. The molecule has 122 valence electrons. The van der Waals surface area contributed by atoms with Crippen molar-refractivity contribution in [3.8, 4) is 0 Å². The van der Waals surface area contributed by atoms with Crippen LogP contribution >= 0.6 is 0 Å². The summed E-state index contributed by atoms with van der Waals surface area (Å²) < 4.78 is 8.03. The van der Waals surface area contributed by atoms with Gasteiger partial charge in [-0.2, -0.15) is 5.10 Å². The van der Waals surface area contributed by atoms with Crippen LogP contribution in [0.5, 0.6) is 0 Å². The Morgan fingerprint density at radius 2 is 2.26 bits per heavy atom. The third-order valence-corrected chi connectivity index (χ3v) is 4.67. The van der Waals surface area contributed by atoms with Crippen molar-refractivity contribution in [3.05, 3.63) is 36.4 Å². The normalized spacial score (nSPS) is 27.8. The maximum absolute atomic E-state index is 6.18.